The Labute approximate surface area is 104 Å². The minimum Gasteiger partial charge on any atom is -0.394 e. The van der Waals surface area contributed by atoms with Gasteiger partial charge in [0.1, 0.15) is 17.3 Å². The fraction of sp³-hybridized carbons (Fsp3) is 0.727. The lowest BCUT2D eigenvalue weighted by Crippen LogP contribution is -1.85. The largest absolute Gasteiger partial charge is 0.394 e. The lowest BCUT2D eigenvalue weighted by molar-refractivity contribution is -0.115. The van der Waals surface area contributed by atoms with Crippen molar-refractivity contribution in [3.8, 4) is 0 Å². The highest BCUT2D eigenvalue weighted by atomic mass is 16.3. The van der Waals surface area contributed by atoms with Gasteiger partial charge in [0.05, 0.1) is 13.2 Å². The summed E-state index contributed by atoms with van der Waals surface area (Å²) in [6, 6.07) is 0. The van der Waals surface area contributed by atoms with Crippen LogP contribution in [0.2, 0.25) is 0 Å². The van der Waals surface area contributed by atoms with E-state index in [4.69, 9.17) is 10.2 Å². The van der Waals surface area contributed by atoms with Gasteiger partial charge in [-0.3, -0.25) is 0 Å². The minimum absolute atomic E-state index is 0. The zero-order chi connectivity index (χ0) is 14.1. The van der Waals surface area contributed by atoms with Crippen LogP contribution >= 0.6 is 0 Å². The van der Waals surface area contributed by atoms with Gasteiger partial charge >= 0.3 is 0 Å². The number of Topliss-reactive ketones (excluding diaryl/α,β-unsaturated/α-hetero) is 3. The van der Waals surface area contributed by atoms with Crippen molar-refractivity contribution in [1.82, 2.24) is 6.15 Å². The molecule has 5 N–H and O–H groups in total. The van der Waals surface area contributed by atoms with E-state index in [0.717, 1.165) is 0 Å². The van der Waals surface area contributed by atoms with Gasteiger partial charge < -0.3 is 30.7 Å². The fourth-order valence-electron chi connectivity index (χ4n) is 0. The molecule has 0 aromatic rings. The molecule has 6 nitrogen and oxygen atoms in total. The molecule has 0 aromatic carbocycles. The molecule has 0 aliphatic rings. The monoisotopic (exact) mass is 253 g/mol. The van der Waals surface area contributed by atoms with Crippen molar-refractivity contribution in [3.63, 3.8) is 0 Å². The van der Waals surface area contributed by atoms with Crippen LogP contribution in [0, 0.1) is 0 Å². The van der Waals surface area contributed by atoms with E-state index in [1.807, 2.05) is 0 Å². The average molecular weight is 253 g/mol. The molecule has 0 unspecified atom stereocenters. The van der Waals surface area contributed by atoms with Gasteiger partial charge in [-0.15, -0.1) is 0 Å². The Bertz CT molecular complexity index is 138. The molecule has 0 rings (SSSR count). The molecule has 0 spiro atoms. The normalized spacial score (nSPS) is 6.35. The number of aliphatic hydroxyl groups excluding tert-OH is 2. The quantitative estimate of drug-likeness (QED) is 0.637. The molecule has 0 fully saturated rings. The minimum atomic E-state index is -0.125. The Kier molecular flexibility index (Phi) is 51.3. The Morgan fingerprint density at radius 1 is 0.647 bits per heavy atom. The Morgan fingerprint density at radius 3 is 0.706 bits per heavy atom. The van der Waals surface area contributed by atoms with Crippen molar-refractivity contribution in [2.24, 2.45) is 0 Å². The van der Waals surface area contributed by atoms with Crippen LogP contribution in [0.3, 0.4) is 0 Å². The lowest BCUT2D eigenvalue weighted by Gasteiger charge is -1.70. The standard InChI is InChI=1S/3C3H6O.C2H6O2.H3N/c3*1-3(2)4;3-1-2-4;/h3*1-2H3;3-4H,1-2H2;1H3. The van der Waals surface area contributed by atoms with Gasteiger partial charge in [0.15, 0.2) is 0 Å². The van der Waals surface area contributed by atoms with E-state index in [0.29, 0.717) is 0 Å². The average Bonchev–Trinajstić information content (AvgIpc) is 2.00. The molecular weight excluding hydrogens is 226 g/mol. The molecule has 0 heterocycles. The molecule has 0 saturated heterocycles. The maximum Gasteiger partial charge on any atom is 0.126 e. The van der Waals surface area contributed by atoms with Crippen molar-refractivity contribution in [3.05, 3.63) is 0 Å². The second kappa shape index (κ2) is 29.4. The number of carbonyl (C=O) groups excluding carboxylic acids is 3. The van der Waals surface area contributed by atoms with E-state index in [1.165, 1.54) is 41.5 Å². The molecule has 17 heavy (non-hydrogen) atoms. The molecule has 0 saturated carbocycles. The van der Waals surface area contributed by atoms with Gasteiger partial charge in [-0.1, -0.05) is 0 Å². The third-order valence-electron chi connectivity index (χ3n) is 0.1000. The summed E-state index contributed by atoms with van der Waals surface area (Å²) in [4.78, 5) is 28.3. The molecule has 6 heteroatoms. The van der Waals surface area contributed by atoms with Crippen LogP contribution in [-0.2, 0) is 14.4 Å². The van der Waals surface area contributed by atoms with Crippen LogP contribution < -0.4 is 6.15 Å². The summed E-state index contributed by atoms with van der Waals surface area (Å²) < 4.78 is 0. The summed E-state index contributed by atoms with van der Waals surface area (Å²) in [6.45, 7) is 8.92. The van der Waals surface area contributed by atoms with Gasteiger partial charge in [-0.05, 0) is 41.5 Å². The number of hydrogen-bond donors (Lipinski definition) is 3. The molecule has 0 amide bonds. The van der Waals surface area contributed by atoms with E-state index in [1.54, 1.807) is 0 Å². The number of carbonyl (C=O) groups is 3. The summed E-state index contributed by atoms with van der Waals surface area (Å²) in [5.74, 6) is 0.500. The molecule has 0 atom stereocenters. The van der Waals surface area contributed by atoms with Gasteiger partial charge in [0.2, 0.25) is 0 Å². The van der Waals surface area contributed by atoms with Crippen molar-refractivity contribution >= 4 is 17.3 Å². The van der Waals surface area contributed by atoms with Crippen LogP contribution in [0.25, 0.3) is 0 Å². The van der Waals surface area contributed by atoms with Gasteiger partial charge in [0, 0.05) is 0 Å². The zero-order valence-corrected chi connectivity index (χ0v) is 11.7. The molecule has 106 valence electrons. The highest BCUT2D eigenvalue weighted by Gasteiger charge is 1.63. The van der Waals surface area contributed by atoms with Crippen molar-refractivity contribution in [1.29, 1.82) is 0 Å². The molecule has 0 aliphatic carbocycles. The third-order valence-corrected chi connectivity index (χ3v) is 0.1000. The Balaban J connectivity index is -0.0000000369. The first kappa shape index (κ1) is 29.7. The third kappa shape index (κ3) is 204000. The SMILES string of the molecule is CC(C)=O.CC(C)=O.CC(C)=O.N.OCCO. The molecule has 0 aliphatic heterocycles. The number of rotatable bonds is 1. The molecular formula is C11H27NO5. The van der Waals surface area contributed by atoms with Crippen LogP contribution in [0.4, 0.5) is 0 Å². The summed E-state index contributed by atoms with van der Waals surface area (Å²) in [7, 11) is 0. The summed E-state index contributed by atoms with van der Waals surface area (Å²) in [5, 5.41) is 15.2. The summed E-state index contributed by atoms with van der Waals surface area (Å²) in [6.07, 6.45) is 0. The maximum absolute atomic E-state index is 9.44. The van der Waals surface area contributed by atoms with Crippen molar-refractivity contribution < 1.29 is 24.6 Å². The fourth-order valence-corrected chi connectivity index (χ4v) is 0. The second-order valence-corrected chi connectivity index (χ2v) is 3.17. The maximum atomic E-state index is 9.44. The van der Waals surface area contributed by atoms with Gasteiger partial charge in [0.25, 0.3) is 0 Å². The first-order chi connectivity index (χ1) is 7.11. The van der Waals surface area contributed by atoms with E-state index < -0.39 is 0 Å². The van der Waals surface area contributed by atoms with Gasteiger partial charge in [-0.25, -0.2) is 0 Å². The highest BCUT2D eigenvalue weighted by molar-refractivity contribution is 5.72. The summed E-state index contributed by atoms with van der Waals surface area (Å²) in [5.41, 5.74) is 0. The number of ketones is 3. The Morgan fingerprint density at radius 2 is 0.706 bits per heavy atom. The number of aliphatic hydroxyl groups is 2. The van der Waals surface area contributed by atoms with E-state index in [-0.39, 0.29) is 36.7 Å². The van der Waals surface area contributed by atoms with Gasteiger partial charge in [-0.2, -0.15) is 0 Å². The van der Waals surface area contributed by atoms with E-state index in [2.05, 4.69) is 0 Å². The predicted molar refractivity (Wildman–Crippen MR) is 68.3 cm³/mol. The molecule has 0 aromatic heterocycles. The van der Waals surface area contributed by atoms with Crippen LogP contribution in [-0.4, -0.2) is 40.8 Å². The predicted octanol–water partition coefficient (Wildman–Crippen LogP) is 0.919. The van der Waals surface area contributed by atoms with Crippen molar-refractivity contribution in [2.45, 2.75) is 41.5 Å². The second-order valence-electron chi connectivity index (χ2n) is 3.17. The van der Waals surface area contributed by atoms with Crippen LogP contribution in [0.15, 0.2) is 0 Å². The van der Waals surface area contributed by atoms with Crippen LogP contribution in [0.5, 0.6) is 0 Å². The molecule has 0 radical (unpaired) electrons. The van der Waals surface area contributed by atoms with E-state index >= 15 is 0 Å². The summed E-state index contributed by atoms with van der Waals surface area (Å²) >= 11 is 0. The van der Waals surface area contributed by atoms with E-state index in [9.17, 15) is 14.4 Å². The first-order valence-electron chi connectivity index (χ1n) is 4.74. The first-order valence-corrected chi connectivity index (χ1v) is 4.74. The number of hydrogen-bond acceptors (Lipinski definition) is 6. The van der Waals surface area contributed by atoms with Crippen molar-refractivity contribution in [2.75, 3.05) is 13.2 Å². The van der Waals surface area contributed by atoms with Crippen LogP contribution in [0.1, 0.15) is 41.5 Å². The zero-order valence-electron chi connectivity index (χ0n) is 11.7. The Hall–Kier alpha value is -1.11. The molecule has 0 bridgehead atoms. The topological polar surface area (TPSA) is 127 Å². The highest BCUT2D eigenvalue weighted by Crippen LogP contribution is 1.51. The smallest absolute Gasteiger partial charge is 0.126 e. The lowest BCUT2D eigenvalue weighted by atomic mass is 10.6.